The van der Waals surface area contributed by atoms with Crippen LogP contribution in [0.25, 0.3) is 0 Å². The molecular formula is C7H14N2O2. The van der Waals surface area contributed by atoms with Gasteiger partial charge >= 0.3 is 6.09 Å². The molecule has 0 heterocycles. The Hall–Kier alpha value is -1.06. The van der Waals surface area contributed by atoms with Crippen molar-refractivity contribution in [3.05, 3.63) is 0 Å². The zero-order valence-corrected chi connectivity index (χ0v) is 7.18. The van der Waals surface area contributed by atoms with E-state index in [1.165, 1.54) is 7.05 Å². The molecule has 0 saturated carbocycles. The van der Waals surface area contributed by atoms with Crippen LogP contribution in [0.4, 0.5) is 4.79 Å². The number of nitrogens with zero attached hydrogens (tertiary/aromatic N) is 1. The van der Waals surface area contributed by atoms with Crippen molar-refractivity contribution in [1.29, 1.82) is 0 Å². The highest BCUT2D eigenvalue weighted by Crippen LogP contribution is 1.92. The third-order valence-electron chi connectivity index (χ3n) is 1.28. The summed E-state index contributed by atoms with van der Waals surface area (Å²) in [5.74, 6) is 0. The van der Waals surface area contributed by atoms with Gasteiger partial charge in [0.15, 0.2) is 0 Å². The minimum Gasteiger partial charge on any atom is -0.323 e. The van der Waals surface area contributed by atoms with Gasteiger partial charge in [0.05, 0.1) is 5.71 Å². The van der Waals surface area contributed by atoms with Crippen LogP contribution in [0.5, 0.6) is 0 Å². The van der Waals surface area contributed by atoms with E-state index < -0.39 is 6.09 Å². The highest BCUT2D eigenvalue weighted by molar-refractivity contribution is 5.84. The molecule has 0 aliphatic heterocycles. The molecular weight excluding hydrogens is 144 g/mol. The fraction of sp³-hybridized carbons (Fsp3) is 0.714. The van der Waals surface area contributed by atoms with Gasteiger partial charge in [0, 0.05) is 7.05 Å². The van der Waals surface area contributed by atoms with Gasteiger partial charge < -0.3 is 5.32 Å². The molecule has 0 rings (SSSR count). The fourth-order valence-corrected chi connectivity index (χ4v) is 0.531. The third-order valence-corrected chi connectivity index (χ3v) is 1.28. The SMILES string of the molecule is CCC(CC)=NOC(=O)NC. The summed E-state index contributed by atoms with van der Waals surface area (Å²) in [5, 5.41) is 5.94. The Labute approximate surface area is 66.6 Å². The number of amides is 1. The average molecular weight is 158 g/mol. The summed E-state index contributed by atoms with van der Waals surface area (Å²) >= 11 is 0. The van der Waals surface area contributed by atoms with E-state index in [4.69, 9.17) is 0 Å². The second-order valence-electron chi connectivity index (χ2n) is 1.99. The van der Waals surface area contributed by atoms with E-state index in [1.54, 1.807) is 0 Å². The Morgan fingerprint density at radius 1 is 1.45 bits per heavy atom. The summed E-state index contributed by atoms with van der Waals surface area (Å²) in [6, 6.07) is 0. The molecule has 1 N–H and O–H groups in total. The number of hydrogen-bond acceptors (Lipinski definition) is 3. The van der Waals surface area contributed by atoms with Crippen LogP contribution in [0.1, 0.15) is 26.7 Å². The van der Waals surface area contributed by atoms with Crippen molar-refractivity contribution in [2.75, 3.05) is 7.05 Å². The first-order valence-corrected chi connectivity index (χ1v) is 3.69. The van der Waals surface area contributed by atoms with E-state index in [0.29, 0.717) is 0 Å². The van der Waals surface area contributed by atoms with Gasteiger partial charge in [0.2, 0.25) is 0 Å². The monoisotopic (exact) mass is 158 g/mol. The molecule has 0 aliphatic rings. The van der Waals surface area contributed by atoms with E-state index in [9.17, 15) is 4.79 Å². The summed E-state index contributed by atoms with van der Waals surface area (Å²) in [7, 11) is 1.50. The largest absolute Gasteiger partial charge is 0.433 e. The normalized spacial score (nSPS) is 8.64. The van der Waals surface area contributed by atoms with Crippen molar-refractivity contribution in [2.24, 2.45) is 5.16 Å². The van der Waals surface area contributed by atoms with Gasteiger partial charge in [-0.05, 0) is 12.8 Å². The molecule has 4 heteroatoms. The van der Waals surface area contributed by atoms with Crippen LogP contribution >= 0.6 is 0 Å². The molecule has 0 bridgehead atoms. The number of carbonyl (C=O) groups excluding carboxylic acids is 1. The van der Waals surface area contributed by atoms with E-state index in [-0.39, 0.29) is 0 Å². The first-order chi connectivity index (χ1) is 5.24. The Balaban J connectivity index is 3.78. The van der Waals surface area contributed by atoms with Crippen molar-refractivity contribution in [3.63, 3.8) is 0 Å². The van der Waals surface area contributed by atoms with E-state index >= 15 is 0 Å². The first kappa shape index (κ1) is 9.94. The molecule has 0 unspecified atom stereocenters. The zero-order valence-electron chi connectivity index (χ0n) is 7.18. The lowest BCUT2D eigenvalue weighted by molar-refractivity contribution is 0.152. The van der Waals surface area contributed by atoms with Gasteiger partial charge in [-0.3, -0.25) is 4.84 Å². The predicted octanol–water partition coefficient (Wildman–Crippen LogP) is 1.52. The molecule has 1 amide bonds. The van der Waals surface area contributed by atoms with Gasteiger partial charge in [-0.2, -0.15) is 0 Å². The molecule has 0 radical (unpaired) electrons. The standard InChI is InChI=1S/C7H14N2O2/c1-4-6(5-2)9-11-7(10)8-3/h4-5H2,1-3H3,(H,8,10). The van der Waals surface area contributed by atoms with Crippen LogP contribution in [0.3, 0.4) is 0 Å². The van der Waals surface area contributed by atoms with Crippen molar-refractivity contribution in [1.82, 2.24) is 5.32 Å². The predicted molar refractivity (Wildman–Crippen MR) is 43.6 cm³/mol. The van der Waals surface area contributed by atoms with Gasteiger partial charge in [0.25, 0.3) is 0 Å². The second kappa shape index (κ2) is 5.70. The van der Waals surface area contributed by atoms with Crippen LogP contribution in [0.15, 0.2) is 5.16 Å². The molecule has 0 aromatic rings. The maximum atomic E-state index is 10.5. The van der Waals surface area contributed by atoms with Crippen LogP contribution in [-0.2, 0) is 4.84 Å². The zero-order chi connectivity index (χ0) is 8.69. The molecule has 4 nitrogen and oxygen atoms in total. The highest BCUT2D eigenvalue weighted by Gasteiger charge is 1.96. The lowest BCUT2D eigenvalue weighted by Crippen LogP contribution is -2.17. The molecule has 0 atom stereocenters. The Morgan fingerprint density at radius 3 is 2.36 bits per heavy atom. The number of rotatable bonds is 3. The van der Waals surface area contributed by atoms with Crippen LogP contribution in [0.2, 0.25) is 0 Å². The van der Waals surface area contributed by atoms with Crippen molar-refractivity contribution in [3.8, 4) is 0 Å². The fourth-order valence-electron chi connectivity index (χ4n) is 0.531. The van der Waals surface area contributed by atoms with Gasteiger partial charge in [0.1, 0.15) is 0 Å². The summed E-state index contributed by atoms with van der Waals surface area (Å²) in [6.45, 7) is 3.94. The number of oxime groups is 1. The van der Waals surface area contributed by atoms with Crippen molar-refractivity contribution < 1.29 is 9.63 Å². The minimum atomic E-state index is -0.524. The van der Waals surface area contributed by atoms with E-state index in [1.807, 2.05) is 13.8 Å². The molecule has 0 aromatic heterocycles. The topological polar surface area (TPSA) is 50.7 Å². The van der Waals surface area contributed by atoms with Crippen LogP contribution in [-0.4, -0.2) is 18.9 Å². The van der Waals surface area contributed by atoms with Crippen LogP contribution < -0.4 is 5.32 Å². The lowest BCUT2D eigenvalue weighted by Gasteiger charge is -1.98. The molecule has 0 aliphatic carbocycles. The molecule has 0 saturated heterocycles. The molecule has 64 valence electrons. The third kappa shape index (κ3) is 4.36. The Kier molecular flexibility index (Phi) is 5.15. The van der Waals surface area contributed by atoms with Gasteiger partial charge in [-0.15, -0.1) is 0 Å². The van der Waals surface area contributed by atoms with E-state index in [0.717, 1.165) is 18.6 Å². The smallest absolute Gasteiger partial charge is 0.323 e. The van der Waals surface area contributed by atoms with Gasteiger partial charge in [-0.1, -0.05) is 19.0 Å². The molecule has 11 heavy (non-hydrogen) atoms. The highest BCUT2D eigenvalue weighted by atomic mass is 16.7. The average Bonchev–Trinajstić information content (AvgIpc) is 2.06. The maximum Gasteiger partial charge on any atom is 0.433 e. The lowest BCUT2D eigenvalue weighted by atomic mass is 10.2. The summed E-state index contributed by atoms with van der Waals surface area (Å²) in [4.78, 5) is 15.0. The first-order valence-electron chi connectivity index (χ1n) is 3.69. The second-order valence-corrected chi connectivity index (χ2v) is 1.99. The van der Waals surface area contributed by atoms with Crippen LogP contribution in [0, 0.1) is 0 Å². The Morgan fingerprint density at radius 2 is 2.00 bits per heavy atom. The summed E-state index contributed by atoms with van der Waals surface area (Å²) in [6.07, 6.45) is 1.10. The minimum absolute atomic E-state index is 0.524. The molecule has 0 spiro atoms. The molecule has 0 fully saturated rings. The van der Waals surface area contributed by atoms with Gasteiger partial charge in [-0.25, -0.2) is 4.79 Å². The number of hydrogen-bond donors (Lipinski definition) is 1. The van der Waals surface area contributed by atoms with E-state index in [2.05, 4.69) is 15.3 Å². The van der Waals surface area contributed by atoms with Crippen molar-refractivity contribution in [2.45, 2.75) is 26.7 Å². The Bertz CT molecular complexity index is 149. The molecule has 0 aromatic carbocycles. The quantitative estimate of drug-likeness (QED) is 0.384. The summed E-state index contributed by atoms with van der Waals surface area (Å²) in [5.41, 5.74) is 0.883. The number of nitrogens with one attached hydrogen (secondary N) is 1. The number of carbonyl (C=O) groups is 1. The summed E-state index contributed by atoms with van der Waals surface area (Å²) < 4.78 is 0. The van der Waals surface area contributed by atoms with Crippen molar-refractivity contribution >= 4 is 11.8 Å². The maximum absolute atomic E-state index is 10.5.